The van der Waals surface area contributed by atoms with Gasteiger partial charge in [0.2, 0.25) is 5.91 Å². The summed E-state index contributed by atoms with van der Waals surface area (Å²) >= 11 is 0. The van der Waals surface area contributed by atoms with Crippen molar-refractivity contribution in [3.05, 3.63) is 29.3 Å². The molecule has 4 heteroatoms. The molecule has 1 unspecified atom stereocenters. The van der Waals surface area contributed by atoms with Crippen LogP contribution in [0.15, 0.2) is 18.2 Å². The van der Waals surface area contributed by atoms with Crippen LogP contribution in [0.3, 0.4) is 0 Å². The van der Waals surface area contributed by atoms with E-state index in [1.165, 1.54) is 5.56 Å². The van der Waals surface area contributed by atoms with Crippen molar-refractivity contribution in [1.29, 1.82) is 0 Å². The molecule has 4 nitrogen and oxygen atoms in total. The lowest BCUT2D eigenvalue weighted by molar-refractivity contribution is -0.124. The highest BCUT2D eigenvalue weighted by Crippen LogP contribution is 2.25. The van der Waals surface area contributed by atoms with Crippen LogP contribution >= 0.6 is 0 Å². The number of ether oxygens (including phenoxy) is 1. The van der Waals surface area contributed by atoms with Gasteiger partial charge in [0.05, 0.1) is 6.61 Å². The second-order valence-corrected chi connectivity index (χ2v) is 4.60. The van der Waals surface area contributed by atoms with Gasteiger partial charge in [-0.05, 0) is 23.6 Å². The van der Waals surface area contributed by atoms with Crippen molar-refractivity contribution in [2.24, 2.45) is 11.7 Å². The van der Waals surface area contributed by atoms with Gasteiger partial charge in [0.25, 0.3) is 0 Å². The minimum atomic E-state index is -0.0808. The number of carbonyl (C=O) groups excluding carboxylic acids is 1. The zero-order valence-electron chi connectivity index (χ0n) is 10.7. The summed E-state index contributed by atoms with van der Waals surface area (Å²) in [5, 5.41) is 2.93. The number of carbonyl (C=O) groups is 1. The minimum absolute atomic E-state index is 0.0387. The Hall–Kier alpha value is -1.55. The highest BCUT2D eigenvalue weighted by molar-refractivity contribution is 5.78. The lowest BCUT2D eigenvalue weighted by Crippen LogP contribution is -2.34. The van der Waals surface area contributed by atoms with Crippen LogP contribution < -0.4 is 15.8 Å². The largest absolute Gasteiger partial charge is 0.493 e. The Labute approximate surface area is 108 Å². The predicted octanol–water partition coefficient (Wildman–Crippen LogP) is 1.22. The van der Waals surface area contributed by atoms with Gasteiger partial charge in [-0.25, -0.2) is 0 Å². The molecule has 0 saturated carbocycles. The van der Waals surface area contributed by atoms with Crippen molar-refractivity contribution in [3.63, 3.8) is 0 Å². The summed E-state index contributed by atoms with van der Waals surface area (Å²) in [6.45, 7) is 3.70. The van der Waals surface area contributed by atoms with Crippen LogP contribution in [0, 0.1) is 5.92 Å². The van der Waals surface area contributed by atoms with Crippen molar-refractivity contribution in [1.82, 2.24) is 5.32 Å². The molecule has 1 aliphatic rings. The Morgan fingerprint density at radius 3 is 3.11 bits per heavy atom. The normalized spacial score (nSPS) is 14.8. The van der Waals surface area contributed by atoms with Crippen LogP contribution in [0.25, 0.3) is 0 Å². The molecule has 1 aliphatic heterocycles. The highest BCUT2D eigenvalue weighted by atomic mass is 16.5. The summed E-state index contributed by atoms with van der Waals surface area (Å²) in [6, 6.07) is 6.07. The van der Waals surface area contributed by atoms with Crippen LogP contribution in [0.5, 0.6) is 5.75 Å². The molecule has 1 amide bonds. The lowest BCUT2D eigenvalue weighted by Gasteiger charge is -2.13. The van der Waals surface area contributed by atoms with Gasteiger partial charge in [0, 0.05) is 25.4 Å². The predicted molar refractivity (Wildman–Crippen MR) is 70.3 cm³/mol. The molecule has 1 atom stereocenters. The van der Waals surface area contributed by atoms with E-state index in [0.717, 1.165) is 30.8 Å². The van der Waals surface area contributed by atoms with Gasteiger partial charge in [-0.15, -0.1) is 0 Å². The van der Waals surface area contributed by atoms with Crippen LogP contribution in [0.4, 0.5) is 0 Å². The van der Waals surface area contributed by atoms with E-state index in [1.54, 1.807) is 0 Å². The fourth-order valence-corrected chi connectivity index (χ4v) is 2.14. The average Bonchev–Trinajstić information content (AvgIpc) is 2.85. The number of nitrogens with two attached hydrogens (primary N) is 1. The molecule has 0 spiro atoms. The topological polar surface area (TPSA) is 64.4 Å². The van der Waals surface area contributed by atoms with E-state index in [0.29, 0.717) is 13.1 Å². The van der Waals surface area contributed by atoms with Crippen molar-refractivity contribution in [3.8, 4) is 5.75 Å². The van der Waals surface area contributed by atoms with E-state index < -0.39 is 0 Å². The van der Waals surface area contributed by atoms with Gasteiger partial charge in [0.1, 0.15) is 5.75 Å². The summed E-state index contributed by atoms with van der Waals surface area (Å²) < 4.78 is 5.45. The molecule has 0 bridgehead atoms. The summed E-state index contributed by atoms with van der Waals surface area (Å²) in [6.07, 6.45) is 1.73. The number of rotatable bonds is 5. The van der Waals surface area contributed by atoms with Crippen molar-refractivity contribution < 1.29 is 9.53 Å². The van der Waals surface area contributed by atoms with Gasteiger partial charge in [-0.2, -0.15) is 0 Å². The molecular formula is C14H20N2O2. The summed E-state index contributed by atoms with van der Waals surface area (Å²) in [5.74, 6) is 0.929. The average molecular weight is 248 g/mol. The third-order valence-electron chi connectivity index (χ3n) is 3.37. The number of fused-ring (bicyclic) bond motifs is 1. The summed E-state index contributed by atoms with van der Waals surface area (Å²) in [5.41, 5.74) is 7.89. The second-order valence-electron chi connectivity index (χ2n) is 4.60. The quantitative estimate of drug-likeness (QED) is 0.823. The molecule has 0 radical (unpaired) electrons. The molecule has 18 heavy (non-hydrogen) atoms. The Balaban J connectivity index is 1.92. The van der Waals surface area contributed by atoms with Crippen LogP contribution in [-0.4, -0.2) is 19.1 Å². The highest BCUT2D eigenvalue weighted by Gasteiger charge is 2.15. The van der Waals surface area contributed by atoms with E-state index in [-0.39, 0.29) is 11.8 Å². The smallest absolute Gasteiger partial charge is 0.224 e. The molecule has 1 aromatic carbocycles. The SMILES string of the molecule is CCC(CN)C(=O)NCc1ccc2c(c1)CCO2. The first-order chi connectivity index (χ1) is 8.74. The molecular weight excluding hydrogens is 228 g/mol. The van der Waals surface area contributed by atoms with Crippen molar-refractivity contribution >= 4 is 5.91 Å². The monoisotopic (exact) mass is 248 g/mol. The third-order valence-corrected chi connectivity index (χ3v) is 3.37. The summed E-state index contributed by atoms with van der Waals surface area (Å²) in [7, 11) is 0. The Bertz CT molecular complexity index is 428. The molecule has 98 valence electrons. The van der Waals surface area contributed by atoms with E-state index >= 15 is 0 Å². The van der Waals surface area contributed by atoms with Gasteiger partial charge in [-0.3, -0.25) is 4.79 Å². The zero-order valence-corrected chi connectivity index (χ0v) is 10.7. The molecule has 0 aliphatic carbocycles. The molecule has 0 fully saturated rings. The van der Waals surface area contributed by atoms with E-state index in [1.807, 2.05) is 19.1 Å². The van der Waals surface area contributed by atoms with E-state index in [9.17, 15) is 4.79 Å². The standard InChI is InChI=1S/C14H20N2O2/c1-2-11(8-15)14(17)16-9-10-3-4-13-12(7-10)5-6-18-13/h3-4,7,11H,2,5-6,8-9,15H2,1H3,(H,16,17). The fourth-order valence-electron chi connectivity index (χ4n) is 2.14. The summed E-state index contributed by atoms with van der Waals surface area (Å²) in [4.78, 5) is 11.8. The maximum absolute atomic E-state index is 11.8. The van der Waals surface area contributed by atoms with Crippen molar-refractivity contribution in [2.45, 2.75) is 26.3 Å². The van der Waals surface area contributed by atoms with Crippen LogP contribution in [0.2, 0.25) is 0 Å². The first-order valence-corrected chi connectivity index (χ1v) is 6.47. The van der Waals surface area contributed by atoms with Crippen LogP contribution in [0.1, 0.15) is 24.5 Å². The Kier molecular flexibility index (Phi) is 4.20. The number of amides is 1. The fraction of sp³-hybridized carbons (Fsp3) is 0.500. The molecule has 1 heterocycles. The van der Waals surface area contributed by atoms with Gasteiger partial charge < -0.3 is 15.8 Å². The third kappa shape index (κ3) is 2.82. The Morgan fingerprint density at radius 1 is 1.56 bits per heavy atom. The zero-order chi connectivity index (χ0) is 13.0. The van der Waals surface area contributed by atoms with Crippen LogP contribution in [-0.2, 0) is 17.8 Å². The first-order valence-electron chi connectivity index (χ1n) is 6.47. The first kappa shape index (κ1) is 12.9. The lowest BCUT2D eigenvalue weighted by atomic mass is 10.1. The second kappa shape index (κ2) is 5.87. The number of hydrogen-bond donors (Lipinski definition) is 2. The van der Waals surface area contributed by atoms with E-state index in [4.69, 9.17) is 10.5 Å². The maximum atomic E-state index is 11.8. The van der Waals surface area contributed by atoms with E-state index in [2.05, 4.69) is 11.4 Å². The number of hydrogen-bond acceptors (Lipinski definition) is 3. The number of benzene rings is 1. The number of nitrogens with one attached hydrogen (secondary N) is 1. The van der Waals surface area contributed by atoms with Crippen molar-refractivity contribution in [2.75, 3.05) is 13.2 Å². The minimum Gasteiger partial charge on any atom is -0.493 e. The molecule has 3 N–H and O–H groups in total. The molecule has 0 saturated heterocycles. The molecule has 0 aromatic heterocycles. The van der Waals surface area contributed by atoms with Gasteiger partial charge >= 0.3 is 0 Å². The molecule has 1 aromatic rings. The molecule has 2 rings (SSSR count). The van der Waals surface area contributed by atoms with Gasteiger partial charge in [-0.1, -0.05) is 19.1 Å². The van der Waals surface area contributed by atoms with Gasteiger partial charge in [0.15, 0.2) is 0 Å². The maximum Gasteiger partial charge on any atom is 0.224 e. The Morgan fingerprint density at radius 2 is 2.39 bits per heavy atom.